The van der Waals surface area contributed by atoms with Crippen LogP contribution in [0.5, 0.6) is 0 Å². The van der Waals surface area contributed by atoms with E-state index in [4.69, 9.17) is 10.5 Å². The molecule has 3 N–H and O–H groups in total. The number of non-ortho nitro benzene ring substituents is 1. The van der Waals surface area contributed by atoms with E-state index in [-0.39, 0.29) is 52.6 Å². The molecule has 2 unspecified atom stereocenters. The number of piperidine rings is 1. The molecule has 4 fully saturated rings. The molecule has 5 rings (SSSR count). The van der Waals surface area contributed by atoms with Crippen LogP contribution in [0.3, 0.4) is 0 Å². The third kappa shape index (κ3) is 6.71. The van der Waals surface area contributed by atoms with Gasteiger partial charge >= 0.3 is 0 Å². The van der Waals surface area contributed by atoms with Gasteiger partial charge in [0, 0.05) is 62.4 Å². The van der Waals surface area contributed by atoms with Crippen molar-refractivity contribution in [2.24, 2.45) is 11.7 Å². The van der Waals surface area contributed by atoms with E-state index in [0.29, 0.717) is 19.5 Å². The average molecular weight is 528 g/mol. The molecule has 2 saturated carbocycles. The van der Waals surface area contributed by atoms with Gasteiger partial charge in [-0.3, -0.25) is 24.6 Å². The van der Waals surface area contributed by atoms with E-state index in [0.717, 1.165) is 76.5 Å². The largest absolute Gasteiger partial charge is 0.377 e. The first-order valence-corrected chi connectivity index (χ1v) is 14.3. The molecule has 3 atom stereocenters. The minimum Gasteiger partial charge on any atom is -0.377 e. The summed E-state index contributed by atoms with van der Waals surface area (Å²) >= 11 is 0. The average Bonchev–Trinajstić information content (AvgIpc) is 3.65. The van der Waals surface area contributed by atoms with Gasteiger partial charge in [0.1, 0.15) is 6.04 Å². The number of nitrogens with one attached hydrogen (secondary N) is 1. The zero-order chi connectivity index (χ0) is 26.6. The van der Waals surface area contributed by atoms with Crippen LogP contribution < -0.4 is 11.1 Å². The number of carbonyl (C=O) groups is 2. The summed E-state index contributed by atoms with van der Waals surface area (Å²) in [4.78, 5) is 41.8. The molecule has 2 aliphatic heterocycles. The van der Waals surface area contributed by atoms with Crippen molar-refractivity contribution in [1.82, 2.24) is 15.1 Å². The van der Waals surface area contributed by atoms with Crippen molar-refractivity contribution in [2.45, 2.75) is 101 Å². The summed E-state index contributed by atoms with van der Waals surface area (Å²) < 4.78 is 5.96. The minimum atomic E-state index is -0.485. The van der Waals surface area contributed by atoms with Crippen molar-refractivity contribution >= 4 is 17.5 Å². The predicted octanol–water partition coefficient (Wildman–Crippen LogP) is 2.73. The molecule has 1 aromatic carbocycles. The van der Waals surface area contributed by atoms with Crippen LogP contribution in [-0.4, -0.2) is 76.5 Å². The lowest BCUT2D eigenvalue weighted by Crippen LogP contribution is -2.59. The van der Waals surface area contributed by atoms with E-state index in [2.05, 4.69) is 10.2 Å². The standard InChI is InChI=1S/C28H41N5O5/c29-21-7-9-22(10-8-21)30-27(34)26-16-24(13-14-32(26)28(35)20-5-6-20)31(18-25-2-1-15-38-25)17-19-3-11-23(12-4-19)33(36)37/h3-4,11-12,20-22,24-26H,1-2,5-10,13-18,29H2,(H,30,34)/t21?,22?,24?,25?,26-/m1/s1. The van der Waals surface area contributed by atoms with Gasteiger partial charge in [-0.15, -0.1) is 0 Å². The maximum atomic E-state index is 13.6. The summed E-state index contributed by atoms with van der Waals surface area (Å²) in [5.41, 5.74) is 7.13. The first kappa shape index (κ1) is 27.0. The number of nitrogens with two attached hydrogens (primary N) is 1. The fourth-order valence-electron chi connectivity index (χ4n) is 6.27. The Bertz CT molecular complexity index is 986. The topological polar surface area (TPSA) is 131 Å². The Hall–Kier alpha value is -2.56. The summed E-state index contributed by atoms with van der Waals surface area (Å²) in [6.07, 6.45) is 8.97. The number of nitro groups is 1. The summed E-state index contributed by atoms with van der Waals surface area (Å²) in [5, 5.41) is 14.4. The van der Waals surface area contributed by atoms with E-state index in [9.17, 15) is 19.7 Å². The molecule has 2 amide bonds. The minimum absolute atomic E-state index is 0.0448. The zero-order valence-corrected chi connectivity index (χ0v) is 22.1. The molecule has 0 spiro atoms. The summed E-state index contributed by atoms with van der Waals surface area (Å²) in [7, 11) is 0. The second-order valence-corrected chi connectivity index (χ2v) is 11.6. The third-order valence-electron chi connectivity index (χ3n) is 8.72. The van der Waals surface area contributed by atoms with E-state index >= 15 is 0 Å². The van der Waals surface area contributed by atoms with Crippen LogP contribution in [0, 0.1) is 16.0 Å². The summed E-state index contributed by atoms with van der Waals surface area (Å²) in [5.74, 6) is 0.143. The monoisotopic (exact) mass is 527 g/mol. The van der Waals surface area contributed by atoms with Gasteiger partial charge in [0.25, 0.3) is 5.69 Å². The molecule has 10 nitrogen and oxygen atoms in total. The van der Waals surface area contributed by atoms with Crippen LogP contribution in [0.15, 0.2) is 24.3 Å². The molecule has 2 saturated heterocycles. The highest BCUT2D eigenvalue weighted by molar-refractivity contribution is 5.89. The number of nitrogens with zero attached hydrogens (tertiary/aromatic N) is 3. The number of rotatable bonds is 9. The predicted molar refractivity (Wildman–Crippen MR) is 142 cm³/mol. The Kier molecular flexibility index (Phi) is 8.60. The van der Waals surface area contributed by atoms with Gasteiger partial charge in [-0.1, -0.05) is 12.1 Å². The van der Waals surface area contributed by atoms with Gasteiger partial charge in [0.2, 0.25) is 11.8 Å². The Labute approximate surface area is 224 Å². The second-order valence-electron chi connectivity index (χ2n) is 11.6. The molecule has 0 aromatic heterocycles. The molecule has 1 aromatic rings. The lowest BCUT2D eigenvalue weighted by molar-refractivity contribution is -0.384. The maximum Gasteiger partial charge on any atom is 0.269 e. The fraction of sp³-hybridized carbons (Fsp3) is 0.714. The summed E-state index contributed by atoms with van der Waals surface area (Å²) in [6.45, 7) is 2.69. The van der Waals surface area contributed by atoms with E-state index in [1.807, 2.05) is 17.0 Å². The number of ether oxygens (including phenoxy) is 1. The highest BCUT2D eigenvalue weighted by Gasteiger charge is 2.43. The molecule has 4 aliphatic rings. The molecule has 0 bridgehead atoms. The van der Waals surface area contributed by atoms with Crippen molar-refractivity contribution in [2.75, 3.05) is 19.7 Å². The molecule has 2 aliphatic carbocycles. The lowest BCUT2D eigenvalue weighted by Gasteiger charge is -2.44. The third-order valence-corrected chi connectivity index (χ3v) is 8.72. The van der Waals surface area contributed by atoms with Crippen LogP contribution in [0.25, 0.3) is 0 Å². The first-order valence-electron chi connectivity index (χ1n) is 14.3. The van der Waals surface area contributed by atoms with Crippen LogP contribution in [0.2, 0.25) is 0 Å². The number of hydrogen-bond acceptors (Lipinski definition) is 7. The zero-order valence-electron chi connectivity index (χ0n) is 22.1. The molecule has 38 heavy (non-hydrogen) atoms. The highest BCUT2D eigenvalue weighted by Crippen LogP contribution is 2.35. The Morgan fingerprint density at radius 2 is 1.82 bits per heavy atom. The van der Waals surface area contributed by atoms with Gasteiger partial charge in [0.15, 0.2) is 0 Å². The number of likely N-dealkylation sites (tertiary alicyclic amines) is 1. The SMILES string of the molecule is NC1CCC(NC(=O)[C@H]2CC(N(Cc3ccc([N+](=O)[O-])cc3)CC3CCCO3)CCN2C(=O)C2CC2)CC1. The highest BCUT2D eigenvalue weighted by atomic mass is 16.6. The molecular weight excluding hydrogens is 486 g/mol. The van der Waals surface area contributed by atoms with E-state index < -0.39 is 6.04 Å². The van der Waals surface area contributed by atoms with Crippen molar-refractivity contribution < 1.29 is 19.2 Å². The van der Waals surface area contributed by atoms with Crippen molar-refractivity contribution in [1.29, 1.82) is 0 Å². The van der Waals surface area contributed by atoms with E-state index in [1.165, 1.54) is 0 Å². The fourth-order valence-corrected chi connectivity index (χ4v) is 6.27. The van der Waals surface area contributed by atoms with Gasteiger partial charge in [0.05, 0.1) is 11.0 Å². The molecule has 0 radical (unpaired) electrons. The maximum absolute atomic E-state index is 13.6. The number of hydrogen-bond donors (Lipinski definition) is 2. The molecule has 10 heteroatoms. The molecular formula is C28H41N5O5. The van der Waals surface area contributed by atoms with Crippen LogP contribution >= 0.6 is 0 Å². The Balaban J connectivity index is 1.31. The second kappa shape index (κ2) is 12.1. The number of nitro benzene ring substituents is 1. The van der Waals surface area contributed by atoms with Crippen molar-refractivity contribution in [3.8, 4) is 0 Å². The molecule has 208 valence electrons. The van der Waals surface area contributed by atoms with Gasteiger partial charge in [-0.05, 0) is 69.8 Å². The van der Waals surface area contributed by atoms with Crippen LogP contribution in [0.1, 0.15) is 69.8 Å². The normalized spacial score (nSPS) is 29.8. The van der Waals surface area contributed by atoms with Crippen molar-refractivity contribution in [3.63, 3.8) is 0 Å². The van der Waals surface area contributed by atoms with Crippen LogP contribution in [-0.2, 0) is 20.9 Å². The quantitative estimate of drug-likeness (QED) is 0.373. The van der Waals surface area contributed by atoms with E-state index in [1.54, 1.807) is 12.1 Å². The van der Waals surface area contributed by atoms with Gasteiger partial charge < -0.3 is 20.7 Å². The number of benzene rings is 1. The van der Waals surface area contributed by atoms with Gasteiger partial charge in [-0.25, -0.2) is 0 Å². The lowest BCUT2D eigenvalue weighted by atomic mass is 9.90. The smallest absolute Gasteiger partial charge is 0.269 e. The Morgan fingerprint density at radius 3 is 2.45 bits per heavy atom. The number of carbonyl (C=O) groups excluding carboxylic acids is 2. The van der Waals surface area contributed by atoms with Gasteiger partial charge in [-0.2, -0.15) is 0 Å². The number of amides is 2. The van der Waals surface area contributed by atoms with Crippen molar-refractivity contribution in [3.05, 3.63) is 39.9 Å². The molecule has 2 heterocycles. The van der Waals surface area contributed by atoms with Crippen LogP contribution in [0.4, 0.5) is 5.69 Å². The Morgan fingerprint density at radius 1 is 1.08 bits per heavy atom. The first-order chi connectivity index (χ1) is 18.4. The summed E-state index contributed by atoms with van der Waals surface area (Å²) in [6, 6.07) is 6.65.